The minimum absolute atomic E-state index is 0.131. The van der Waals surface area contributed by atoms with Crippen LogP contribution in [0, 0.1) is 0 Å². The maximum absolute atomic E-state index is 10.0. The fraction of sp³-hybridized carbons (Fsp3) is 0.526. The van der Waals surface area contributed by atoms with E-state index in [0.717, 1.165) is 12.2 Å². The third-order valence-corrected chi connectivity index (χ3v) is 4.56. The second kappa shape index (κ2) is 6.78. The molecule has 25 heavy (non-hydrogen) atoms. The van der Waals surface area contributed by atoms with Gasteiger partial charge in [0, 0.05) is 38.8 Å². The van der Waals surface area contributed by atoms with Gasteiger partial charge in [-0.2, -0.15) is 0 Å². The Bertz CT molecular complexity index is 697. The van der Waals surface area contributed by atoms with Crippen molar-refractivity contribution in [2.24, 2.45) is 0 Å². The molecule has 6 heteroatoms. The lowest BCUT2D eigenvalue weighted by atomic mass is 9.90. The maximum Gasteiger partial charge on any atom is 0.167 e. The minimum atomic E-state index is -1.02. The summed E-state index contributed by atoms with van der Waals surface area (Å²) in [5.41, 5.74) is 2.10. The second-order valence-corrected chi connectivity index (χ2v) is 7.61. The lowest BCUT2D eigenvalue weighted by Gasteiger charge is -2.42. The largest absolute Gasteiger partial charge is 0.382 e. The standard InChI is InChI=1S/C19H27N3O3/c1-18(2,23)17-9-15(21-25-17)10-19(12-24-13-19)20-11-14-5-7-16(8-6-14)22(3)4/h5-9,20,23H,10-13H2,1-4H3. The van der Waals surface area contributed by atoms with Gasteiger partial charge >= 0.3 is 0 Å². The van der Waals surface area contributed by atoms with Gasteiger partial charge in [0.1, 0.15) is 5.60 Å². The van der Waals surface area contributed by atoms with Crippen LogP contribution in [0.2, 0.25) is 0 Å². The van der Waals surface area contributed by atoms with Gasteiger partial charge in [0.2, 0.25) is 0 Å². The van der Waals surface area contributed by atoms with Crippen LogP contribution in [0.5, 0.6) is 0 Å². The molecule has 1 fully saturated rings. The zero-order chi connectivity index (χ0) is 18.1. The van der Waals surface area contributed by atoms with Gasteiger partial charge in [-0.1, -0.05) is 17.3 Å². The van der Waals surface area contributed by atoms with Crippen molar-refractivity contribution in [3.05, 3.63) is 47.3 Å². The van der Waals surface area contributed by atoms with Crippen molar-refractivity contribution >= 4 is 5.69 Å². The van der Waals surface area contributed by atoms with Crippen molar-refractivity contribution in [3.8, 4) is 0 Å². The number of ether oxygens (including phenoxy) is 1. The first-order valence-corrected chi connectivity index (χ1v) is 8.55. The fourth-order valence-corrected chi connectivity index (χ4v) is 2.85. The van der Waals surface area contributed by atoms with Crippen LogP contribution < -0.4 is 10.2 Å². The monoisotopic (exact) mass is 345 g/mol. The summed E-state index contributed by atoms with van der Waals surface area (Å²) in [6.45, 7) is 5.44. The van der Waals surface area contributed by atoms with Crippen molar-refractivity contribution in [2.45, 2.75) is 38.0 Å². The van der Waals surface area contributed by atoms with Crippen molar-refractivity contribution in [2.75, 3.05) is 32.2 Å². The number of hydrogen-bond acceptors (Lipinski definition) is 6. The van der Waals surface area contributed by atoms with Crippen LogP contribution in [0.3, 0.4) is 0 Å². The Kier molecular flexibility index (Phi) is 4.86. The molecule has 0 bridgehead atoms. The predicted octanol–water partition coefficient (Wildman–Crippen LogP) is 2.07. The Balaban J connectivity index is 1.62. The van der Waals surface area contributed by atoms with Gasteiger partial charge in [-0.15, -0.1) is 0 Å². The van der Waals surface area contributed by atoms with Gasteiger partial charge < -0.3 is 24.6 Å². The van der Waals surface area contributed by atoms with Crippen LogP contribution in [-0.2, 0) is 23.3 Å². The SMILES string of the molecule is CN(C)c1ccc(CNC2(Cc3cc(C(C)(C)O)on3)COC2)cc1. The molecule has 1 aliphatic rings. The van der Waals surface area contributed by atoms with Gasteiger partial charge in [-0.3, -0.25) is 0 Å². The zero-order valence-electron chi connectivity index (χ0n) is 15.4. The molecule has 0 aliphatic carbocycles. The van der Waals surface area contributed by atoms with E-state index in [9.17, 15) is 5.11 Å². The highest BCUT2D eigenvalue weighted by atomic mass is 16.5. The summed E-state index contributed by atoms with van der Waals surface area (Å²) in [6.07, 6.45) is 0.711. The summed E-state index contributed by atoms with van der Waals surface area (Å²) in [7, 11) is 4.07. The van der Waals surface area contributed by atoms with Gasteiger partial charge in [-0.05, 0) is 31.5 Å². The van der Waals surface area contributed by atoms with E-state index < -0.39 is 5.60 Å². The van der Waals surface area contributed by atoms with E-state index in [-0.39, 0.29) is 5.54 Å². The number of hydrogen-bond donors (Lipinski definition) is 2. The molecule has 1 aromatic heterocycles. The van der Waals surface area contributed by atoms with Crippen molar-refractivity contribution in [1.82, 2.24) is 10.5 Å². The Hall–Kier alpha value is -1.89. The molecule has 2 N–H and O–H groups in total. The highest BCUT2D eigenvalue weighted by Gasteiger charge is 2.39. The van der Waals surface area contributed by atoms with Crippen molar-refractivity contribution in [3.63, 3.8) is 0 Å². The molecule has 0 unspecified atom stereocenters. The van der Waals surface area contributed by atoms with Crippen LogP contribution in [0.15, 0.2) is 34.9 Å². The topological polar surface area (TPSA) is 70.8 Å². The van der Waals surface area contributed by atoms with Crippen LogP contribution in [0.25, 0.3) is 0 Å². The van der Waals surface area contributed by atoms with Gasteiger partial charge in [0.15, 0.2) is 5.76 Å². The summed E-state index contributed by atoms with van der Waals surface area (Å²) in [4.78, 5) is 2.09. The van der Waals surface area contributed by atoms with E-state index in [1.54, 1.807) is 13.8 Å². The average Bonchev–Trinajstić information content (AvgIpc) is 2.99. The molecule has 3 rings (SSSR count). The molecule has 1 saturated heterocycles. The molecule has 0 radical (unpaired) electrons. The smallest absolute Gasteiger partial charge is 0.167 e. The second-order valence-electron chi connectivity index (χ2n) is 7.61. The molecule has 0 spiro atoms. The molecule has 0 atom stereocenters. The lowest BCUT2D eigenvalue weighted by molar-refractivity contribution is -0.0755. The van der Waals surface area contributed by atoms with E-state index >= 15 is 0 Å². The molecule has 1 aliphatic heterocycles. The van der Waals surface area contributed by atoms with Gasteiger partial charge in [-0.25, -0.2) is 0 Å². The maximum atomic E-state index is 10.0. The van der Waals surface area contributed by atoms with E-state index in [2.05, 4.69) is 39.6 Å². The van der Waals surface area contributed by atoms with Gasteiger partial charge in [0.05, 0.1) is 24.4 Å². The summed E-state index contributed by atoms with van der Waals surface area (Å²) < 4.78 is 10.7. The van der Waals surface area contributed by atoms with Crippen molar-refractivity contribution < 1.29 is 14.4 Å². The molecule has 2 aromatic rings. The molecule has 0 saturated carbocycles. The van der Waals surface area contributed by atoms with Crippen LogP contribution in [0.1, 0.15) is 30.9 Å². The molecular formula is C19H27N3O3. The number of benzene rings is 1. The quantitative estimate of drug-likeness (QED) is 0.800. The predicted molar refractivity (Wildman–Crippen MR) is 96.6 cm³/mol. The van der Waals surface area contributed by atoms with E-state index in [0.29, 0.717) is 25.4 Å². The number of aliphatic hydroxyl groups is 1. The Morgan fingerprint density at radius 2 is 1.92 bits per heavy atom. The zero-order valence-corrected chi connectivity index (χ0v) is 15.4. The third kappa shape index (κ3) is 4.21. The molecular weight excluding hydrogens is 318 g/mol. The van der Waals surface area contributed by atoms with Crippen LogP contribution in [0.4, 0.5) is 5.69 Å². The first-order valence-electron chi connectivity index (χ1n) is 8.55. The van der Waals surface area contributed by atoms with E-state index in [4.69, 9.17) is 9.26 Å². The first-order chi connectivity index (χ1) is 11.8. The minimum Gasteiger partial charge on any atom is -0.382 e. The van der Waals surface area contributed by atoms with Gasteiger partial charge in [0.25, 0.3) is 0 Å². The number of anilines is 1. The molecule has 0 amide bonds. The highest BCUT2D eigenvalue weighted by molar-refractivity contribution is 5.46. The Morgan fingerprint density at radius 1 is 1.24 bits per heavy atom. The fourth-order valence-electron chi connectivity index (χ4n) is 2.85. The van der Waals surface area contributed by atoms with Crippen LogP contribution in [-0.4, -0.2) is 43.1 Å². The summed E-state index contributed by atoms with van der Waals surface area (Å²) in [6, 6.07) is 10.3. The van der Waals surface area contributed by atoms with E-state index in [1.807, 2.05) is 20.2 Å². The molecule has 1 aromatic carbocycles. The van der Waals surface area contributed by atoms with Crippen molar-refractivity contribution in [1.29, 1.82) is 0 Å². The number of aromatic nitrogens is 1. The lowest BCUT2D eigenvalue weighted by Crippen LogP contribution is -2.61. The highest BCUT2D eigenvalue weighted by Crippen LogP contribution is 2.26. The third-order valence-electron chi connectivity index (χ3n) is 4.56. The first kappa shape index (κ1) is 17.9. The van der Waals surface area contributed by atoms with Crippen LogP contribution >= 0.6 is 0 Å². The average molecular weight is 345 g/mol. The number of nitrogens with zero attached hydrogens (tertiary/aromatic N) is 2. The summed E-state index contributed by atoms with van der Waals surface area (Å²) in [5, 5.41) is 17.7. The molecule has 6 nitrogen and oxygen atoms in total. The molecule has 136 valence electrons. The number of nitrogens with one attached hydrogen (secondary N) is 1. The summed E-state index contributed by atoms with van der Waals surface area (Å²) in [5.74, 6) is 0.483. The number of rotatable bonds is 7. The Morgan fingerprint density at radius 3 is 2.40 bits per heavy atom. The normalized spacial score (nSPS) is 16.5. The Labute approximate surface area is 148 Å². The summed E-state index contributed by atoms with van der Waals surface area (Å²) >= 11 is 0. The molecule has 2 heterocycles. The van der Waals surface area contributed by atoms with E-state index in [1.165, 1.54) is 11.3 Å².